The smallest absolute Gasteiger partial charge is 0.0541 e. The molecule has 0 spiro atoms. The first-order valence-corrected chi connectivity index (χ1v) is 6.40. The third-order valence-electron chi connectivity index (χ3n) is 3.79. The van der Waals surface area contributed by atoms with Crippen LogP contribution in [0.1, 0.15) is 38.8 Å². The van der Waals surface area contributed by atoms with Crippen LogP contribution in [0.2, 0.25) is 0 Å². The molecule has 1 N–H and O–H groups in total. The second-order valence-electron chi connectivity index (χ2n) is 5.11. The van der Waals surface area contributed by atoms with Crippen molar-refractivity contribution in [2.45, 2.75) is 45.7 Å². The summed E-state index contributed by atoms with van der Waals surface area (Å²) in [6.45, 7) is 5.64. The van der Waals surface area contributed by atoms with Crippen molar-refractivity contribution in [3.63, 3.8) is 0 Å². The molecule has 1 heterocycles. The van der Waals surface area contributed by atoms with Gasteiger partial charge < -0.3 is 5.32 Å². The van der Waals surface area contributed by atoms with Crippen molar-refractivity contribution in [2.24, 2.45) is 11.8 Å². The van der Waals surface area contributed by atoms with Crippen LogP contribution in [-0.2, 0) is 6.54 Å². The lowest BCUT2D eigenvalue weighted by atomic mass is 9.79. The molecular formula is C14H22N2. The summed E-state index contributed by atoms with van der Waals surface area (Å²) in [5, 5.41) is 3.67. The van der Waals surface area contributed by atoms with E-state index in [-0.39, 0.29) is 0 Å². The standard InChI is InChI=1S/C14H22N2/c1-11-6-5-7-12(2)14(11)16-10-13-8-3-4-9-15-13/h3-4,8-9,11-12,14,16H,5-7,10H2,1-2H3. The summed E-state index contributed by atoms with van der Waals surface area (Å²) >= 11 is 0. The molecule has 0 aliphatic heterocycles. The monoisotopic (exact) mass is 218 g/mol. The fourth-order valence-electron chi connectivity index (χ4n) is 2.81. The van der Waals surface area contributed by atoms with E-state index in [2.05, 4.69) is 36.3 Å². The number of rotatable bonds is 3. The van der Waals surface area contributed by atoms with Gasteiger partial charge >= 0.3 is 0 Å². The fraction of sp³-hybridized carbons (Fsp3) is 0.643. The molecule has 16 heavy (non-hydrogen) atoms. The fourth-order valence-corrected chi connectivity index (χ4v) is 2.81. The van der Waals surface area contributed by atoms with E-state index in [0.29, 0.717) is 6.04 Å². The number of pyridine rings is 1. The Balaban J connectivity index is 1.89. The summed E-state index contributed by atoms with van der Waals surface area (Å²) in [5.74, 6) is 1.60. The predicted octanol–water partition coefficient (Wildman–Crippen LogP) is 3.00. The Kier molecular flexibility index (Phi) is 3.94. The molecule has 2 unspecified atom stereocenters. The molecule has 88 valence electrons. The largest absolute Gasteiger partial charge is 0.308 e. The van der Waals surface area contributed by atoms with E-state index in [0.717, 1.165) is 24.1 Å². The molecule has 1 aliphatic rings. The molecular weight excluding hydrogens is 196 g/mol. The van der Waals surface area contributed by atoms with E-state index in [4.69, 9.17) is 0 Å². The van der Waals surface area contributed by atoms with E-state index in [1.54, 1.807) is 0 Å². The third kappa shape index (κ3) is 2.82. The molecule has 0 bridgehead atoms. The van der Waals surface area contributed by atoms with E-state index >= 15 is 0 Å². The van der Waals surface area contributed by atoms with Crippen molar-refractivity contribution >= 4 is 0 Å². The molecule has 2 rings (SSSR count). The molecule has 0 saturated heterocycles. The first-order chi connectivity index (χ1) is 7.77. The summed E-state index contributed by atoms with van der Waals surface area (Å²) in [7, 11) is 0. The van der Waals surface area contributed by atoms with Crippen molar-refractivity contribution in [1.82, 2.24) is 10.3 Å². The Hall–Kier alpha value is -0.890. The second kappa shape index (κ2) is 5.44. The predicted molar refractivity (Wildman–Crippen MR) is 67.0 cm³/mol. The molecule has 1 fully saturated rings. The quantitative estimate of drug-likeness (QED) is 0.843. The van der Waals surface area contributed by atoms with E-state index in [9.17, 15) is 0 Å². The first kappa shape index (κ1) is 11.6. The van der Waals surface area contributed by atoms with Gasteiger partial charge in [0.1, 0.15) is 0 Å². The normalized spacial score (nSPS) is 30.2. The summed E-state index contributed by atoms with van der Waals surface area (Å²) in [6, 6.07) is 6.77. The molecule has 1 aliphatic carbocycles. The Morgan fingerprint density at radius 3 is 2.62 bits per heavy atom. The molecule has 0 radical (unpaired) electrons. The Morgan fingerprint density at radius 1 is 1.25 bits per heavy atom. The lowest BCUT2D eigenvalue weighted by Crippen LogP contribution is -2.42. The Morgan fingerprint density at radius 2 is 2.00 bits per heavy atom. The molecule has 1 aromatic rings. The van der Waals surface area contributed by atoms with E-state index < -0.39 is 0 Å². The number of hydrogen-bond acceptors (Lipinski definition) is 2. The van der Waals surface area contributed by atoms with Crippen LogP contribution < -0.4 is 5.32 Å². The third-order valence-corrected chi connectivity index (χ3v) is 3.79. The van der Waals surface area contributed by atoms with Crippen molar-refractivity contribution < 1.29 is 0 Å². The van der Waals surface area contributed by atoms with Crippen LogP contribution in [0, 0.1) is 11.8 Å². The maximum absolute atomic E-state index is 4.35. The van der Waals surface area contributed by atoms with Crippen molar-refractivity contribution in [1.29, 1.82) is 0 Å². The van der Waals surface area contributed by atoms with Gasteiger partial charge in [-0.05, 0) is 36.8 Å². The molecule has 1 aromatic heterocycles. The minimum Gasteiger partial charge on any atom is -0.308 e. The summed E-state index contributed by atoms with van der Waals surface area (Å²) in [5.41, 5.74) is 1.15. The molecule has 1 saturated carbocycles. The van der Waals surface area contributed by atoms with Crippen LogP contribution in [0.4, 0.5) is 0 Å². The van der Waals surface area contributed by atoms with Crippen molar-refractivity contribution in [2.75, 3.05) is 0 Å². The van der Waals surface area contributed by atoms with Gasteiger partial charge in [-0.25, -0.2) is 0 Å². The molecule has 0 aromatic carbocycles. The van der Waals surface area contributed by atoms with Crippen LogP contribution in [0.15, 0.2) is 24.4 Å². The molecule has 2 heteroatoms. The van der Waals surface area contributed by atoms with Gasteiger partial charge in [0.25, 0.3) is 0 Å². The minimum absolute atomic E-state index is 0.663. The number of aromatic nitrogens is 1. The summed E-state index contributed by atoms with van der Waals surface area (Å²) in [4.78, 5) is 4.35. The highest BCUT2D eigenvalue weighted by Gasteiger charge is 2.26. The molecule has 2 atom stereocenters. The van der Waals surface area contributed by atoms with Gasteiger partial charge in [0.15, 0.2) is 0 Å². The van der Waals surface area contributed by atoms with Crippen LogP contribution in [0.25, 0.3) is 0 Å². The highest BCUT2D eigenvalue weighted by atomic mass is 14.9. The topological polar surface area (TPSA) is 24.9 Å². The van der Waals surface area contributed by atoms with E-state index in [1.165, 1.54) is 19.3 Å². The lowest BCUT2D eigenvalue weighted by molar-refractivity contribution is 0.207. The maximum atomic E-state index is 4.35. The Labute approximate surface area is 98.5 Å². The highest BCUT2D eigenvalue weighted by Crippen LogP contribution is 2.28. The van der Waals surface area contributed by atoms with Crippen LogP contribution in [0.5, 0.6) is 0 Å². The van der Waals surface area contributed by atoms with Crippen LogP contribution in [-0.4, -0.2) is 11.0 Å². The molecule has 0 amide bonds. The summed E-state index contributed by atoms with van der Waals surface area (Å²) in [6.07, 6.45) is 5.99. The zero-order valence-corrected chi connectivity index (χ0v) is 10.3. The highest BCUT2D eigenvalue weighted by molar-refractivity contribution is 5.03. The van der Waals surface area contributed by atoms with Crippen LogP contribution >= 0.6 is 0 Å². The van der Waals surface area contributed by atoms with Gasteiger partial charge in [-0.15, -0.1) is 0 Å². The SMILES string of the molecule is CC1CCCC(C)C1NCc1ccccn1. The number of hydrogen-bond donors (Lipinski definition) is 1. The van der Waals surface area contributed by atoms with Crippen LogP contribution in [0.3, 0.4) is 0 Å². The van der Waals surface area contributed by atoms with E-state index in [1.807, 2.05) is 12.3 Å². The van der Waals surface area contributed by atoms with Gasteiger partial charge in [0, 0.05) is 18.8 Å². The van der Waals surface area contributed by atoms with Gasteiger partial charge in [-0.1, -0.05) is 26.3 Å². The zero-order valence-electron chi connectivity index (χ0n) is 10.3. The van der Waals surface area contributed by atoms with Gasteiger partial charge in [0.05, 0.1) is 5.69 Å². The average molecular weight is 218 g/mol. The number of nitrogens with zero attached hydrogens (tertiary/aromatic N) is 1. The van der Waals surface area contributed by atoms with Gasteiger partial charge in [-0.3, -0.25) is 4.98 Å². The average Bonchev–Trinajstić information content (AvgIpc) is 2.30. The number of nitrogens with one attached hydrogen (secondary N) is 1. The van der Waals surface area contributed by atoms with Crippen molar-refractivity contribution in [3.05, 3.63) is 30.1 Å². The van der Waals surface area contributed by atoms with Crippen molar-refractivity contribution in [3.8, 4) is 0 Å². The van der Waals surface area contributed by atoms with Gasteiger partial charge in [-0.2, -0.15) is 0 Å². The second-order valence-corrected chi connectivity index (χ2v) is 5.11. The van der Waals surface area contributed by atoms with Gasteiger partial charge in [0.2, 0.25) is 0 Å². The lowest BCUT2D eigenvalue weighted by Gasteiger charge is -2.35. The maximum Gasteiger partial charge on any atom is 0.0541 e. The first-order valence-electron chi connectivity index (χ1n) is 6.40. The Bertz CT molecular complexity index is 300. The summed E-state index contributed by atoms with van der Waals surface area (Å²) < 4.78 is 0. The molecule has 2 nitrogen and oxygen atoms in total. The zero-order chi connectivity index (χ0) is 11.4. The minimum atomic E-state index is 0.663.